The van der Waals surface area contributed by atoms with Gasteiger partial charge in [-0.05, 0) is 57.1 Å². The zero-order valence-electron chi connectivity index (χ0n) is 24.9. The van der Waals surface area contributed by atoms with Crippen molar-refractivity contribution in [1.82, 2.24) is 10.6 Å². The van der Waals surface area contributed by atoms with E-state index >= 15 is 0 Å². The van der Waals surface area contributed by atoms with Crippen LogP contribution in [0.2, 0.25) is 0 Å². The van der Waals surface area contributed by atoms with Crippen molar-refractivity contribution < 1.29 is 19.8 Å². The van der Waals surface area contributed by atoms with Gasteiger partial charge in [-0.1, -0.05) is 115 Å². The Morgan fingerprint density at radius 1 is 0.487 bits per heavy atom. The number of hydrogen-bond donors (Lipinski definition) is 4. The second kappa shape index (κ2) is 26.6. The predicted octanol–water partition coefficient (Wildman–Crippen LogP) is 7.04. The number of rotatable bonds is 28. The number of unbranched alkanes of at least 4 members (excludes halogenated alkanes) is 20. The molecule has 4 N–H and O–H groups in total. The van der Waals surface area contributed by atoms with Gasteiger partial charge in [0.1, 0.15) is 0 Å². The molecule has 6 heteroatoms. The van der Waals surface area contributed by atoms with E-state index in [2.05, 4.69) is 10.6 Å². The van der Waals surface area contributed by atoms with Crippen molar-refractivity contribution in [3.8, 4) is 0 Å². The van der Waals surface area contributed by atoms with Crippen molar-refractivity contribution in [3.05, 3.63) is 24.3 Å². The number of amides is 2. The van der Waals surface area contributed by atoms with Gasteiger partial charge in [-0.15, -0.1) is 0 Å². The topological polar surface area (TPSA) is 98.7 Å². The van der Waals surface area contributed by atoms with Crippen LogP contribution in [0.3, 0.4) is 0 Å². The van der Waals surface area contributed by atoms with Gasteiger partial charge >= 0.3 is 0 Å². The SMILES string of the molecule is O=C(C=CCCCCCCCCCCCCO)NC1CC1NC(=O)C=CCCCCCCCCCCCCO. The number of nitrogens with one attached hydrogen (secondary N) is 2. The van der Waals surface area contributed by atoms with Gasteiger partial charge in [-0.25, -0.2) is 0 Å². The summed E-state index contributed by atoms with van der Waals surface area (Å²) in [4.78, 5) is 24.2. The number of hydrogen-bond acceptors (Lipinski definition) is 4. The highest BCUT2D eigenvalue weighted by Crippen LogP contribution is 2.21. The largest absolute Gasteiger partial charge is 0.396 e. The van der Waals surface area contributed by atoms with Crippen LogP contribution in [0.5, 0.6) is 0 Å². The van der Waals surface area contributed by atoms with Gasteiger partial charge in [0.15, 0.2) is 0 Å². The molecule has 0 bridgehead atoms. The van der Waals surface area contributed by atoms with Crippen LogP contribution in [0.15, 0.2) is 24.3 Å². The zero-order chi connectivity index (χ0) is 28.2. The van der Waals surface area contributed by atoms with Crippen LogP contribution in [0.4, 0.5) is 0 Å². The fraction of sp³-hybridized carbons (Fsp3) is 0.818. The van der Waals surface area contributed by atoms with Gasteiger partial charge < -0.3 is 20.8 Å². The van der Waals surface area contributed by atoms with Crippen molar-refractivity contribution in [2.24, 2.45) is 0 Å². The van der Waals surface area contributed by atoms with Crippen LogP contribution in [-0.4, -0.2) is 47.3 Å². The summed E-state index contributed by atoms with van der Waals surface area (Å²) in [5.41, 5.74) is 0. The third-order valence-corrected chi connectivity index (χ3v) is 7.54. The smallest absolute Gasteiger partial charge is 0.243 e. The van der Waals surface area contributed by atoms with Gasteiger partial charge in [0.2, 0.25) is 11.8 Å². The first-order valence-electron chi connectivity index (χ1n) is 16.3. The Labute approximate surface area is 239 Å². The van der Waals surface area contributed by atoms with E-state index in [4.69, 9.17) is 10.2 Å². The molecule has 1 aliphatic rings. The maximum Gasteiger partial charge on any atom is 0.243 e. The summed E-state index contributed by atoms with van der Waals surface area (Å²) in [6.45, 7) is 0.646. The molecule has 2 unspecified atom stereocenters. The van der Waals surface area contributed by atoms with E-state index in [1.54, 1.807) is 12.2 Å². The van der Waals surface area contributed by atoms with Gasteiger partial charge in [-0.2, -0.15) is 0 Å². The zero-order valence-corrected chi connectivity index (χ0v) is 24.9. The highest BCUT2D eigenvalue weighted by atomic mass is 16.3. The summed E-state index contributed by atoms with van der Waals surface area (Å²) in [6.07, 6.45) is 34.2. The molecule has 0 saturated heterocycles. The number of carbonyl (C=O) groups is 2. The van der Waals surface area contributed by atoms with Crippen molar-refractivity contribution in [3.63, 3.8) is 0 Å². The molecule has 0 aromatic heterocycles. The first kappa shape index (κ1) is 35.4. The van der Waals surface area contributed by atoms with Gasteiger partial charge in [0, 0.05) is 13.2 Å². The molecule has 0 radical (unpaired) electrons. The molecule has 2 atom stereocenters. The molecule has 1 saturated carbocycles. The van der Waals surface area contributed by atoms with Crippen LogP contribution in [0.25, 0.3) is 0 Å². The molecule has 0 spiro atoms. The Hall–Kier alpha value is -1.66. The van der Waals surface area contributed by atoms with Crippen LogP contribution in [0.1, 0.15) is 148 Å². The Balaban J connectivity index is 1.89. The Morgan fingerprint density at radius 2 is 0.769 bits per heavy atom. The first-order valence-corrected chi connectivity index (χ1v) is 16.3. The van der Waals surface area contributed by atoms with Gasteiger partial charge in [0.25, 0.3) is 0 Å². The summed E-state index contributed by atoms with van der Waals surface area (Å²) in [6, 6.07) is 0.107. The van der Waals surface area contributed by atoms with Crippen LogP contribution in [-0.2, 0) is 9.59 Å². The molecule has 226 valence electrons. The second-order valence-corrected chi connectivity index (χ2v) is 11.4. The Bertz CT molecular complexity index is 596. The first-order chi connectivity index (χ1) is 19.2. The third-order valence-electron chi connectivity index (χ3n) is 7.54. The second-order valence-electron chi connectivity index (χ2n) is 11.4. The number of allylic oxidation sites excluding steroid dienone is 2. The summed E-state index contributed by atoms with van der Waals surface area (Å²) >= 11 is 0. The van der Waals surface area contributed by atoms with E-state index in [1.165, 1.54) is 89.9 Å². The maximum atomic E-state index is 12.1. The number of carbonyl (C=O) groups excluding carboxylic acids is 2. The highest BCUT2D eigenvalue weighted by Gasteiger charge is 2.38. The average Bonchev–Trinajstić information content (AvgIpc) is 3.65. The van der Waals surface area contributed by atoms with Crippen molar-refractivity contribution >= 4 is 11.8 Å². The fourth-order valence-electron chi connectivity index (χ4n) is 4.93. The summed E-state index contributed by atoms with van der Waals surface area (Å²) in [5, 5.41) is 23.5. The predicted molar refractivity (Wildman–Crippen MR) is 163 cm³/mol. The van der Waals surface area contributed by atoms with Crippen molar-refractivity contribution in [1.29, 1.82) is 0 Å². The molecule has 0 aromatic rings. The quantitative estimate of drug-likeness (QED) is 0.0622. The lowest BCUT2D eigenvalue weighted by molar-refractivity contribution is -0.118. The van der Waals surface area contributed by atoms with E-state index < -0.39 is 0 Å². The normalized spacial score (nSPS) is 16.8. The molecule has 2 amide bonds. The minimum absolute atomic E-state index is 0.0535. The van der Waals surface area contributed by atoms with Crippen LogP contribution >= 0.6 is 0 Å². The van der Waals surface area contributed by atoms with Crippen LogP contribution in [0, 0.1) is 0 Å². The van der Waals surface area contributed by atoms with Crippen molar-refractivity contribution in [2.45, 2.75) is 160 Å². The molecule has 0 aromatic carbocycles. The van der Waals surface area contributed by atoms with E-state index in [9.17, 15) is 9.59 Å². The van der Waals surface area contributed by atoms with E-state index in [1.807, 2.05) is 12.2 Å². The minimum atomic E-state index is -0.0600. The van der Waals surface area contributed by atoms with Crippen molar-refractivity contribution in [2.75, 3.05) is 13.2 Å². The summed E-state index contributed by atoms with van der Waals surface area (Å²) in [7, 11) is 0. The van der Waals surface area contributed by atoms with E-state index in [-0.39, 0.29) is 23.9 Å². The average molecular weight is 549 g/mol. The lowest BCUT2D eigenvalue weighted by atomic mass is 10.1. The Kier molecular flexibility index (Phi) is 24.1. The maximum absolute atomic E-state index is 12.1. The van der Waals surface area contributed by atoms with E-state index in [0.717, 1.165) is 57.8 Å². The fourth-order valence-corrected chi connectivity index (χ4v) is 4.93. The highest BCUT2D eigenvalue weighted by molar-refractivity contribution is 5.89. The molecule has 6 nitrogen and oxygen atoms in total. The molecule has 0 heterocycles. The van der Waals surface area contributed by atoms with Gasteiger partial charge in [-0.3, -0.25) is 9.59 Å². The number of aliphatic hydroxyl groups excluding tert-OH is 2. The molecular formula is C33H60N2O4. The Morgan fingerprint density at radius 3 is 1.08 bits per heavy atom. The molecule has 1 rings (SSSR count). The van der Waals surface area contributed by atoms with E-state index in [0.29, 0.717) is 13.2 Å². The van der Waals surface area contributed by atoms with Gasteiger partial charge in [0.05, 0.1) is 12.1 Å². The summed E-state index contributed by atoms with van der Waals surface area (Å²) in [5.74, 6) is -0.120. The number of aliphatic hydroxyl groups is 2. The molecule has 0 aliphatic heterocycles. The molecular weight excluding hydrogens is 488 g/mol. The molecule has 1 aliphatic carbocycles. The molecule has 1 fully saturated rings. The third kappa shape index (κ3) is 23.9. The summed E-state index contributed by atoms with van der Waals surface area (Å²) < 4.78 is 0. The lowest BCUT2D eigenvalue weighted by Gasteiger charge is -2.03. The van der Waals surface area contributed by atoms with Crippen LogP contribution < -0.4 is 10.6 Å². The monoisotopic (exact) mass is 548 g/mol. The lowest BCUT2D eigenvalue weighted by Crippen LogP contribution is -2.33. The minimum Gasteiger partial charge on any atom is -0.396 e. The standard InChI is InChI=1S/C33H60N2O4/c36-27-23-19-15-11-7-3-1-5-9-13-17-21-25-32(38)34-30-29-31(30)35-33(39)26-22-18-14-10-6-2-4-8-12-16-20-24-28-37/h21-22,25-26,30-31,36-37H,1-20,23-24,27-29H2,(H,34,38)(H,35,39). The molecule has 39 heavy (non-hydrogen) atoms.